The van der Waals surface area contributed by atoms with Gasteiger partial charge in [0.15, 0.2) is 0 Å². The standard InChI is InChI=1S/C11H12O2/c1-7-3-2-4-8(5-7)9-6-10(9)11(12)13/h2-5,9-10H,6H2,1H3,(H,12,13). The quantitative estimate of drug-likeness (QED) is 0.749. The first-order valence-electron chi connectivity index (χ1n) is 4.48. The number of rotatable bonds is 2. The monoisotopic (exact) mass is 176 g/mol. The Morgan fingerprint density at radius 1 is 1.54 bits per heavy atom. The van der Waals surface area contributed by atoms with Crippen molar-refractivity contribution in [2.24, 2.45) is 5.92 Å². The SMILES string of the molecule is Cc1cccc(C2CC2C(=O)O)c1. The van der Waals surface area contributed by atoms with Crippen LogP contribution in [-0.4, -0.2) is 11.1 Å². The van der Waals surface area contributed by atoms with Crippen LogP contribution in [0.1, 0.15) is 23.5 Å². The van der Waals surface area contributed by atoms with Crippen molar-refractivity contribution in [3.05, 3.63) is 35.4 Å². The number of hydrogen-bond donors (Lipinski definition) is 1. The molecule has 0 bridgehead atoms. The summed E-state index contributed by atoms with van der Waals surface area (Å²) in [6, 6.07) is 8.11. The number of carbonyl (C=O) groups is 1. The van der Waals surface area contributed by atoms with E-state index in [4.69, 9.17) is 5.11 Å². The van der Waals surface area contributed by atoms with E-state index in [1.54, 1.807) is 0 Å². The number of carboxylic acid groups (broad SMARTS) is 1. The summed E-state index contributed by atoms with van der Waals surface area (Å²) in [6.07, 6.45) is 0.804. The Labute approximate surface area is 77.2 Å². The van der Waals surface area contributed by atoms with E-state index in [-0.39, 0.29) is 11.8 Å². The van der Waals surface area contributed by atoms with Crippen molar-refractivity contribution in [2.75, 3.05) is 0 Å². The van der Waals surface area contributed by atoms with Crippen LogP contribution < -0.4 is 0 Å². The average Bonchev–Trinajstić information content (AvgIpc) is 2.82. The zero-order valence-electron chi connectivity index (χ0n) is 7.53. The van der Waals surface area contributed by atoms with Crippen molar-refractivity contribution in [2.45, 2.75) is 19.3 Å². The maximum Gasteiger partial charge on any atom is 0.307 e. The molecular formula is C11H12O2. The summed E-state index contributed by atoms with van der Waals surface area (Å²) >= 11 is 0. The van der Waals surface area contributed by atoms with E-state index < -0.39 is 5.97 Å². The predicted octanol–water partition coefficient (Wildman–Crippen LogP) is 2.18. The maximum atomic E-state index is 10.6. The predicted molar refractivity (Wildman–Crippen MR) is 49.7 cm³/mol. The molecule has 0 radical (unpaired) electrons. The summed E-state index contributed by atoms with van der Waals surface area (Å²) < 4.78 is 0. The van der Waals surface area contributed by atoms with Crippen LogP contribution in [0.4, 0.5) is 0 Å². The van der Waals surface area contributed by atoms with Crippen LogP contribution in [0.15, 0.2) is 24.3 Å². The number of aryl methyl sites for hydroxylation is 1. The molecule has 1 N–H and O–H groups in total. The van der Waals surface area contributed by atoms with Gasteiger partial charge in [0.25, 0.3) is 0 Å². The Kier molecular flexibility index (Phi) is 1.83. The molecule has 1 aliphatic carbocycles. The highest BCUT2D eigenvalue weighted by molar-refractivity contribution is 5.75. The van der Waals surface area contributed by atoms with Crippen LogP contribution >= 0.6 is 0 Å². The number of carboxylic acids is 1. The molecule has 0 aromatic heterocycles. The molecule has 1 aromatic rings. The Bertz CT molecular complexity index is 344. The molecule has 0 aliphatic heterocycles. The first-order chi connectivity index (χ1) is 6.18. The molecule has 68 valence electrons. The van der Waals surface area contributed by atoms with Crippen molar-refractivity contribution in [3.8, 4) is 0 Å². The van der Waals surface area contributed by atoms with E-state index in [1.165, 1.54) is 11.1 Å². The molecule has 2 rings (SSSR count). The summed E-state index contributed by atoms with van der Waals surface area (Å²) in [5.41, 5.74) is 2.38. The molecule has 0 amide bonds. The Morgan fingerprint density at radius 3 is 2.85 bits per heavy atom. The molecule has 0 heterocycles. The fraction of sp³-hybridized carbons (Fsp3) is 0.364. The normalized spacial score (nSPS) is 25.6. The summed E-state index contributed by atoms with van der Waals surface area (Å²) in [7, 11) is 0. The lowest BCUT2D eigenvalue weighted by Crippen LogP contribution is -1.98. The maximum absolute atomic E-state index is 10.6. The highest BCUT2D eigenvalue weighted by Crippen LogP contribution is 2.47. The number of hydrogen-bond acceptors (Lipinski definition) is 1. The highest BCUT2D eigenvalue weighted by atomic mass is 16.4. The van der Waals surface area contributed by atoms with Gasteiger partial charge in [0.1, 0.15) is 0 Å². The van der Waals surface area contributed by atoms with Crippen molar-refractivity contribution in [3.63, 3.8) is 0 Å². The molecule has 13 heavy (non-hydrogen) atoms. The van der Waals surface area contributed by atoms with Gasteiger partial charge in [0.2, 0.25) is 0 Å². The van der Waals surface area contributed by atoms with Crippen LogP contribution in [0.3, 0.4) is 0 Å². The molecule has 1 saturated carbocycles. The fourth-order valence-corrected chi connectivity index (χ4v) is 1.74. The molecule has 0 spiro atoms. The van der Waals surface area contributed by atoms with Crippen LogP contribution in [0.5, 0.6) is 0 Å². The second-order valence-corrected chi connectivity index (χ2v) is 3.70. The van der Waals surface area contributed by atoms with E-state index in [9.17, 15) is 4.79 Å². The highest BCUT2D eigenvalue weighted by Gasteiger charge is 2.43. The number of benzene rings is 1. The smallest absolute Gasteiger partial charge is 0.307 e. The van der Waals surface area contributed by atoms with E-state index in [0.717, 1.165) is 6.42 Å². The van der Waals surface area contributed by atoms with Crippen molar-refractivity contribution >= 4 is 5.97 Å². The van der Waals surface area contributed by atoms with Gasteiger partial charge in [-0.15, -0.1) is 0 Å². The average molecular weight is 176 g/mol. The third kappa shape index (κ3) is 1.57. The largest absolute Gasteiger partial charge is 0.481 e. The second kappa shape index (κ2) is 2.87. The lowest BCUT2D eigenvalue weighted by atomic mass is 10.1. The summed E-state index contributed by atoms with van der Waals surface area (Å²) in [5, 5.41) is 8.75. The zero-order valence-corrected chi connectivity index (χ0v) is 7.53. The van der Waals surface area contributed by atoms with Crippen molar-refractivity contribution in [1.82, 2.24) is 0 Å². The minimum Gasteiger partial charge on any atom is -0.481 e. The lowest BCUT2D eigenvalue weighted by Gasteiger charge is -1.99. The summed E-state index contributed by atoms with van der Waals surface area (Å²) in [6.45, 7) is 2.03. The van der Waals surface area contributed by atoms with E-state index >= 15 is 0 Å². The first kappa shape index (κ1) is 8.30. The van der Waals surface area contributed by atoms with Gasteiger partial charge >= 0.3 is 5.97 Å². The second-order valence-electron chi connectivity index (χ2n) is 3.70. The molecular weight excluding hydrogens is 164 g/mol. The number of aliphatic carboxylic acids is 1. The molecule has 2 nitrogen and oxygen atoms in total. The molecule has 0 saturated heterocycles. The zero-order chi connectivity index (χ0) is 9.42. The Hall–Kier alpha value is -1.31. The van der Waals surface area contributed by atoms with Gasteiger partial charge in [0, 0.05) is 0 Å². The van der Waals surface area contributed by atoms with Gasteiger partial charge < -0.3 is 5.11 Å². The molecule has 2 heteroatoms. The molecule has 1 aromatic carbocycles. The molecule has 1 fully saturated rings. The molecule has 1 aliphatic rings. The van der Waals surface area contributed by atoms with Gasteiger partial charge in [-0.2, -0.15) is 0 Å². The van der Waals surface area contributed by atoms with E-state index in [2.05, 4.69) is 6.07 Å². The van der Waals surface area contributed by atoms with E-state index in [1.807, 2.05) is 25.1 Å². The van der Waals surface area contributed by atoms with Gasteiger partial charge in [-0.3, -0.25) is 4.79 Å². The van der Waals surface area contributed by atoms with Crippen LogP contribution in [-0.2, 0) is 4.79 Å². The summed E-state index contributed by atoms with van der Waals surface area (Å²) in [5.74, 6) is -0.536. The van der Waals surface area contributed by atoms with Gasteiger partial charge in [0.05, 0.1) is 5.92 Å². The topological polar surface area (TPSA) is 37.3 Å². The van der Waals surface area contributed by atoms with Crippen molar-refractivity contribution < 1.29 is 9.90 Å². The van der Waals surface area contributed by atoms with Gasteiger partial charge in [-0.1, -0.05) is 29.8 Å². The Balaban J connectivity index is 2.16. The minimum absolute atomic E-state index is 0.137. The third-order valence-corrected chi connectivity index (χ3v) is 2.58. The van der Waals surface area contributed by atoms with Crippen molar-refractivity contribution in [1.29, 1.82) is 0 Å². The summed E-state index contributed by atoms with van der Waals surface area (Å²) in [4.78, 5) is 10.6. The fourth-order valence-electron chi connectivity index (χ4n) is 1.74. The van der Waals surface area contributed by atoms with Crippen LogP contribution in [0, 0.1) is 12.8 Å². The van der Waals surface area contributed by atoms with Crippen LogP contribution in [0.25, 0.3) is 0 Å². The Morgan fingerprint density at radius 2 is 2.31 bits per heavy atom. The molecule has 2 atom stereocenters. The van der Waals surface area contributed by atoms with E-state index in [0.29, 0.717) is 0 Å². The minimum atomic E-state index is -0.661. The van der Waals surface area contributed by atoms with Gasteiger partial charge in [-0.25, -0.2) is 0 Å². The van der Waals surface area contributed by atoms with Gasteiger partial charge in [-0.05, 0) is 24.8 Å². The third-order valence-electron chi connectivity index (χ3n) is 2.58. The first-order valence-corrected chi connectivity index (χ1v) is 4.48. The molecule has 2 unspecified atom stereocenters. The van der Waals surface area contributed by atoms with Crippen LogP contribution in [0.2, 0.25) is 0 Å². The lowest BCUT2D eigenvalue weighted by molar-refractivity contribution is -0.138.